The summed E-state index contributed by atoms with van der Waals surface area (Å²) in [6.07, 6.45) is 1.11. The van der Waals surface area contributed by atoms with Crippen LogP contribution in [0.4, 0.5) is 0 Å². The summed E-state index contributed by atoms with van der Waals surface area (Å²) in [4.78, 5) is 11.1. The number of benzene rings is 1. The Bertz CT molecular complexity index is 582. The SMILES string of the molecule is CCC(C)COc1ccc(/C(C)=N/N=C2\NC(=O)CS2)cc1. The van der Waals surface area contributed by atoms with Gasteiger partial charge < -0.3 is 10.1 Å². The average Bonchev–Trinajstić information content (AvgIpc) is 2.96. The standard InChI is InChI=1S/C16H21N3O2S/c1-4-11(2)9-21-14-7-5-13(6-8-14)12(3)18-19-16-17-15(20)10-22-16/h5-8,11H,4,9-10H2,1-3H3,(H,17,19,20)/b18-12+. The number of hydrogen-bond acceptors (Lipinski definition) is 5. The summed E-state index contributed by atoms with van der Waals surface area (Å²) in [6, 6.07) is 7.81. The van der Waals surface area contributed by atoms with E-state index in [0.717, 1.165) is 30.1 Å². The molecular weight excluding hydrogens is 298 g/mol. The molecule has 0 saturated carbocycles. The number of carbonyl (C=O) groups excluding carboxylic acids is 1. The lowest BCUT2D eigenvalue weighted by Crippen LogP contribution is -2.19. The summed E-state index contributed by atoms with van der Waals surface area (Å²) in [6.45, 7) is 6.95. The molecule has 0 aliphatic carbocycles. The van der Waals surface area contributed by atoms with Crippen LogP contribution in [0.2, 0.25) is 0 Å². The minimum absolute atomic E-state index is 0.0283. The van der Waals surface area contributed by atoms with Gasteiger partial charge in [-0.15, -0.1) is 5.10 Å². The molecule has 1 aliphatic rings. The number of amidine groups is 1. The molecule has 1 aromatic rings. The van der Waals surface area contributed by atoms with Gasteiger partial charge in [0.1, 0.15) is 5.75 Å². The Morgan fingerprint density at radius 1 is 1.41 bits per heavy atom. The van der Waals surface area contributed by atoms with Crippen LogP contribution in [0.15, 0.2) is 34.5 Å². The van der Waals surface area contributed by atoms with Crippen LogP contribution in [0.25, 0.3) is 0 Å². The Morgan fingerprint density at radius 2 is 2.14 bits per heavy atom. The van der Waals surface area contributed by atoms with Crippen molar-refractivity contribution in [2.45, 2.75) is 27.2 Å². The minimum atomic E-state index is -0.0283. The lowest BCUT2D eigenvalue weighted by atomic mass is 10.1. The van der Waals surface area contributed by atoms with E-state index in [-0.39, 0.29) is 5.91 Å². The van der Waals surface area contributed by atoms with Crippen LogP contribution in [0.1, 0.15) is 32.8 Å². The molecule has 0 radical (unpaired) electrons. The molecule has 118 valence electrons. The number of hydrogen-bond donors (Lipinski definition) is 1. The van der Waals surface area contributed by atoms with E-state index in [0.29, 0.717) is 16.8 Å². The number of amides is 1. The molecular formula is C16H21N3O2S. The minimum Gasteiger partial charge on any atom is -0.493 e. The van der Waals surface area contributed by atoms with Gasteiger partial charge in [0.05, 0.1) is 18.1 Å². The monoisotopic (exact) mass is 319 g/mol. The molecule has 0 aromatic heterocycles. The Kier molecular flexibility index (Phi) is 6.00. The molecule has 1 N–H and O–H groups in total. The predicted octanol–water partition coefficient (Wildman–Crippen LogP) is 3.05. The van der Waals surface area contributed by atoms with Gasteiger partial charge in [-0.3, -0.25) is 4.79 Å². The van der Waals surface area contributed by atoms with Crippen LogP contribution < -0.4 is 10.1 Å². The smallest absolute Gasteiger partial charge is 0.236 e. The third kappa shape index (κ3) is 4.87. The quantitative estimate of drug-likeness (QED) is 0.647. The third-order valence-corrected chi connectivity index (χ3v) is 4.24. The van der Waals surface area contributed by atoms with Crippen molar-refractivity contribution in [1.29, 1.82) is 0 Å². The van der Waals surface area contributed by atoms with E-state index in [2.05, 4.69) is 29.4 Å². The van der Waals surface area contributed by atoms with Gasteiger partial charge in [0.2, 0.25) is 5.91 Å². The highest BCUT2D eigenvalue weighted by Gasteiger charge is 2.16. The zero-order chi connectivity index (χ0) is 15.9. The lowest BCUT2D eigenvalue weighted by Gasteiger charge is -2.11. The van der Waals surface area contributed by atoms with Gasteiger partial charge in [0.15, 0.2) is 5.17 Å². The maximum atomic E-state index is 11.1. The molecule has 22 heavy (non-hydrogen) atoms. The summed E-state index contributed by atoms with van der Waals surface area (Å²) in [7, 11) is 0. The van der Waals surface area contributed by atoms with Crippen molar-refractivity contribution in [2.75, 3.05) is 12.4 Å². The molecule has 0 spiro atoms. The lowest BCUT2D eigenvalue weighted by molar-refractivity contribution is -0.116. The third-order valence-electron chi connectivity index (χ3n) is 3.38. The first-order chi connectivity index (χ1) is 10.6. The first kappa shape index (κ1) is 16.5. The maximum absolute atomic E-state index is 11.1. The first-order valence-electron chi connectivity index (χ1n) is 7.36. The van der Waals surface area contributed by atoms with Crippen LogP contribution in [-0.2, 0) is 4.79 Å². The Labute approximate surface area is 135 Å². The Balaban J connectivity index is 1.96. The second kappa shape index (κ2) is 7.98. The molecule has 2 rings (SSSR count). The van der Waals surface area contributed by atoms with Gasteiger partial charge in [-0.05, 0) is 42.7 Å². The van der Waals surface area contributed by atoms with Crippen molar-refractivity contribution in [3.8, 4) is 5.75 Å². The topological polar surface area (TPSA) is 63.1 Å². The first-order valence-corrected chi connectivity index (χ1v) is 8.35. The van der Waals surface area contributed by atoms with Crippen molar-refractivity contribution in [3.63, 3.8) is 0 Å². The van der Waals surface area contributed by atoms with E-state index in [9.17, 15) is 4.79 Å². The average molecular weight is 319 g/mol. The normalized spacial score (nSPS) is 18.4. The van der Waals surface area contributed by atoms with Crippen molar-refractivity contribution in [3.05, 3.63) is 29.8 Å². The zero-order valence-corrected chi connectivity index (χ0v) is 13.9. The summed E-state index contributed by atoms with van der Waals surface area (Å²) in [5.74, 6) is 1.80. The number of nitrogens with one attached hydrogen (secondary N) is 1. The fourth-order valence-corrected chi connectivity index (χ4v) is 2.33. The van der Waals surface area contributed by atoms with Gasteiger partial charge in [-0.25, -0.2) is 0 Å². The predicted molar refractivity (Wildman–Crippen MR) is 91.6 cm³/mol. The highest BCUT2D eigenvalue weighted by atomic mass is 32.2. The van der Waals surface area contributed by atoms with E-state index < -0.39 is 0 Å². The van der Waals surface area contributed by atoms with E-state index in [1.165, 1.54) is 11.8 Å². The molecule has 1 unspecified atom stereocenters. The fraction of sp³-hybridized carbons (Fsp3) is 0.438. The number of thioether (sulfide) groups is 1. The second-order valence-corrected chi connectivity index (χ2v) is 6.24. The van der Waals surface area contributed by atoms with E-state index >= 15 is 0 Å². The maximum Gasteiger partial charge on any atom is 0.236 e. The summed E-state index contributed by atoms with van der Waals surface area (Å²) in [5, 5.41) is 11.4. The molecule has 1 heterocycles. The van der Waals surface area contributed by atoms with E-state index in [1.807, 2.05) is 31.2 Å². The van der Waals surface area contributed by atoms with Crippen molar-refractivity contribution < 1.29 is 9.53 Å². The van der Waals surface area contributed by atoms with Gasteiger partial charge >= 0.3 is 0 Å². The summed E-state index contributed by atoms with van der Waals surface area (Å²) >= 11 is 1.36. The molecule has 6 heteroatoms. The molecule has 1 aromatic carbocycles. The van der Waals surface area contributed by atoms with Crippen LogP contribution in [-0.4, -0.2) is 29.1 Å². The zero-order valence-electron chi connectivity index (χ0n) is 13.1. The van der Waals surface area contributed by atoms with Crippen LogP contribution in [0.5, 0.6) is 5.75 Å². The molecule has 1 aliphatic heterocycles. The highest BCUT2D eigenvalue weighted by Crippen LogP contribution is 2.15. The highest BCUT2D eigenvalue weighted by molar-refractivity contribution is 8.15. The van der Waals surface area contributed by atoms with Crippen LogP contribution in [0.3, 0.4) is 0 Å². The van der Waals surface area contributed by atoms with Gasteiger partial charge in [-0.1, -0.05) is 32.0 Å². The number of nitrogens with zero attached hydrogens (tertiary/aromatic N) is 2. The molecule has 1 atom stereocenters. The number of rotatable bonds is 6. The molecule has 1 saturated heterocycles. The van der Waals surface area contributed by atoms with E-state index in [1.54, 1.807) is 0 Å². The summed E-state index contributed by atoms with van der Waals surface area (Å²) in [5.41, 5.74) is 1.78. The fourth-order valence-electron chi connectivity index (χ4n) is 1.71. The largest absolute Gasteiger partial charge is 0.493 e. The second-order valence-electron chi connectivity index (χ2n) is 5.28. The van der Waals surface area contributed by atoms with Gasteiger partial charge in [0, 0.05) is 0 Å². The van der Waals surface area contributed by atoms with Crippen LogP contribution in [0, 0.1) is 5.92 Å². The van der Waals surface area contributed by atoms with Crippen LogP contribution >= 0.6 is 11.8 Å². The number of carbonyl (C=O) groups is 1. The summed E-state index contributed by atoms with van der Waals surface area (Å²) < 4.78 is 5.73. The van der Waals surface area contributed by atoms with Gasteiger partial charge in [0.25, 0.3) is 0 Å². The van der Waals surface area contributed by atoms with Crippen molar-refractivity contribution >= 4 is 28.5 Å². The van der Waals surface area contributed by atoms with Gasteiger partial charge in [-0.2, -0.15) is 5.10 Å². The number of ether oxygens (including phenoxy) is 1. The van der Waals surface area contributed by atoms with Crippen molar-refractivity contribution in [2.24, 2.45) is 16.1 Å². The molecule has 1 amide bonds. The Hall–Kier alpha value is -1.82. The Morgan fingerprint density at radius 3 is 2.73 bits per heavy atom. The molecule has 0 bridgehead atoms. The van der Waals surface area contributed by atoms with Crippen molar-refractivity contribution in [1.82, 2.24) is 5.32 Å². The van der Waals surface area contributed by atoms with E-state index in [4.69, 9.17) is 4.74 Å². The molecule has 1 fully saturated rings. The molecule has 5 nitrogen and oxygen atoms in total.